The minimum absolute atomic E-state index is 0.390. The number of hydrogen-bond acceptors (Lipinski definition) is 2. The maximum atomic E-state index is 11.7. The molecule has 0 aliphatic carbocycles. The van der Waals surface area contributed by atoms with Crippen LogP contribution in [0.15, 0.2) is 36.9 Å². The lowest BCUT2D eigenvalue weighted by atomic mass is 10.2. The van der Waals surface area contributed by atoms with E-state index in [-0.39, 0.29) is 6.09 Å². The quantitative estimate of drug-likeness (QED) is 0.730. The van der Waals surface area contributed by atoms with Crippen molar-refractivity contribution in [3.8, 4) is 0 Å². The van der Waals surface area contributed by atoms with Crippen LogP contribution in [0.3, 0.4) is 0 Å². The van der Waals surface area contributed by atoms with E-state index in [1.165, 1.54) is 11.7 Å². The maximum absolute atomic E-state index is 11.7. The second-order valence-electron chi connectivity index (χ2n) is 3.67. The van der Waals surface area contributed by atoms with Crippen LogP contribution < -0.4 is 0 Å². The summed E-state index contributed by atoms with van der Waals surface area (Å²) >= 11 is 0. The van der Waals surface area contributed by atoms with Crippen molar-refractivity contribution in [2.75, 3.05) is 7.11 Å². The first-order valence-electron chi connectivity index (χ1n) is 5.00. The Morgan fingerprint density at radius 2 is 2.06 bits per heavy atom. The molecule has 0 unspecified atom stereocenters. The van der Waals surface area contributed by atoms with Gasteiger partial charge < -0.3 is 4.74 Å². The predicted molar refractivity (Wildman–Crippen MR) is 64.4 cm³/mol. The summed E-state index contributed by atoms with van der Waals surface area (Å²) in [6.45, 7) is 5.74. The van der Waals surface area contributed by atoms with Crippen LogP contribution in [0.5, 0.6) is 0 Å². The summed E-state index contributed by atoms with van der Waals surface area (Å²) in [6.07, 6.45) is -0.390. The fourth-order valence-corrected chi connectivity index (χ4v) is 1.76. The highest BCUT2D eigenvalue weighted by Gasteiger charge is 2.15. The number of nitrogens with zero attached hydrogens (tertiary/aromatic N) is 1. The van der Waals surface area contributed by atoms with E-state index in [0.29, 0.717) is 0 Å². The van der Waals surface area contributed by atoms with E-state index < -0.39 is 0 Å². The number of para-hydroxylation sites is 1. The van der Waals surface area contributed by atoms with Crippen molar-refractivity contribution in [2.45, 2.75) is 6.92 Å². The van der Waals surface area contributed by atoms with Crippen LogP contribution >= 0.6 is 0 Å². The van der Waals surface area contributed by atoms with Gasteiger partial charge in [-0.1, -0.05) is 24.8 Å². The smallest absolute Gasteiger partial charge is 0.418 e. The van der Waals surface area contributed by atoms with Crippen LogP contribution in [0, 0.1) is 0 Å². The molecular formula is C13H13NO2. The molecule has 0 saturated carbocycles. The zero-order valence-electron chi connectivity index (χ0n) is 9.36. The minimum Gasteiger partial charge on any atom is -0.452 e. The van der Waals surface area contributed by atoms with Crippen molar-refractivity contribution in [3.63, 3.8) is 0 Å². The molecule has 1 aromatic heterocycles. The van der Waals surface area contributed by atoms with E-state index in [1.807, 2.05) is 37.3 Å². The van der Waals surface area contributed by atoms with Crippen LogP contribution in [0.25, 0.3) is 16.5 Å². The summed E-state index contributed by atoms with van der Waals surface area (Å²) in [5.41, 5.74) is 2.46. The molecule has 0 saturated heterocycles. The van der Waals surface area contributed by atoms with E-state index in [0.717, 1.165) is 22.2 Å². The zero-order chi connectivity index (χ0) is 11.7. The van der Waals surface area contributed by atoms with Gasteiger partial charge in [0.15, 0.2) is 0 Å². The summed E-state index contributed by atoms with van der Waals surface area (Å²) < 4.78 is 6.32. The third kappa shape index (κ3) is 1.50. The van der Waals surface area contributed by atoms with Gasteiger partial charge in [0, 0.05) is 5.39 Å². The van der Waals surface area contributed by atoms with Gasteiger partial charge >= 0.3 is 6.09 Å². The molecule has 2 aromatic rings. The third-order valence-electron chi connectivity index (χ3n) is 2.51. The number of benzene rings is 1. The molecule has 0 aliphatic rings. The van der Waals surface area contributed by atoms with Gasteiger partial charge in [0.25, 0.3) is 0 Å². The molecule has 3 heteroatoms. The number of ether oxygens (including phenoxy) is 1. The Kier molecular flexibility index (Phi) is 2.52. The lowest BCUT2D eigenvalue weighted by Gasteiger charge is -2.06. The van der Waals surface area contributed by atoms with Crippen molar-refractivity contribution in [1.29, 1.82) is 0 Å². The zero-order valence-corrected chi connectivity index (χ0v) is 9.36. The molecule has 0 amide bonds. The predicted octanol–water partition coefficient (Wildman–Crippen LogP) is 3.29. The summed E-state index contributed by atoms with van der Waals surface area (Å²) in [5, 5.41) is 1.01. The van der Waals surface area contributed by atoms with Crippen LogP contribution in [0.2, 0.25) is 0 Å². The Morgan fingerprint density at radius 3 is 2.69 bits per heavy atom. The Hall–Kier alpha value is -2.03. The second-order valence-corrected chi connectivity index (χ2v) is 3.67. The molecule has 0 aliphatic heterocycles. The second kappa shape index (κ2) is 3.85. The molecule has 0 atom stereocenters. The van der Waals surface area contributed by atoms with Crippen LogP contribution in [-0.2, 0) is 4.74 Å². The van der Waals surface area contributed by atoms with Crippen LogP contribution in [0.4, 0.5) is 4.79 Å². The van der Waals surface area contributed by atoms with Gasteiger partial charge in [0.05, 0.1) is 18.3 Å². The molecule has 2 rings (SSSR count). The molecule has 0 N–H and O–H groups in total. The van der Waals surface area contributed by atoms with Crippen LogP contribution in [0.1, 0.15) is 12.6 Å². The minimum atomic E-state index is -0.390. The van der Waals surface area contributed by atoms with E-state index in [1.54, 1.807) is 0 Å². The first kappa shape index (κ1) is 10.5. The van der Waals surface area contributed by atoms with Crippen molar-refractivity contribution in [3.05, 3.63) is 42.6 Å². The van der Waals surface area contributed by atoms with Crippen molar-refractivity contribution >= 4 is 22.6 Å². The topological polar surface area (TPSA) is 31.2 Å². The lowest BCUT2D eigenvalue weighted by Crippen LogP contribution is -2.13. The fraction of sp³-hybridized carbons (Fsp3) is 0.154. The highest BCUT2D eigenvalue weighted by molar-refractivity contribution is 5.94. The van der Waals surface area contributed by atoms with Gasteiger partial charge in [-0.25, -0.2) is 9.36 Å². The van der Waals surface area contributed by atoms with Gasteiger partial charge in [-0.05, 0) is 24.6 Å². The Morgan fingerprint density at radius 1 is 1.38 bits per heavy atom. The lowest BCUT2D eigenvalue weighted by molar-refractivity contribution is 0.174. The van der Waals surface area contributed by atoms with Crippen molar-refractivity contribution in [1.82, 2.24) is 4.57 Å². The Bertz CT molecular complexity index is 566. The van der Waals surface area contributed by atoms with E-state index in [2.05, 4.69) is 6.58 Å². The molecule has 0 radical (unpaired) electrons. The van der Waals surface area contributed by atoms with E-state index in [4.69, 9.17) is 4.74 Å². The number of hydrogen-bond donors (Lipinski definition) is 0. The first-order valence-corrected chi connectivity index (χ1v) is 5.00. The average molecular weight is 215 g/mol. The first-order chi connectivity index (χ1) is 7.65. The highest BCUT2D eigenvalue weighted by atomic mass is 16.5. The van der Waals surface area contributed by atoms with E-state index >= 15 is 0 Å². The summed E-state index contributed by atoms with van der Waals surface area (Å²) in [4.78, 5) is 11.7. The average Bonchev–Trinajstić information content (AvgIpc) is 2.67. The highest BCUT2D eigenvalue weighted by Crippen LogP contribution is 2.24. The molecule has 3 nitrogen and oxygen atoms in total. The monoisotopic (exact) mass is 215 g/mol. The van der Waals surface area contributed by atoms with Gasteiger partial charge in [-0.2, -0.15) is 0 Å². The van der Waals surface area contributed by atoms with Gasteiger partial charge in [-0.15, -0.1) is 0 Å². The largest absolute Gasteiger partial charge is 0.452 e. The third-order valence-corrected chi connectivity index (χ3v) is 2.51. The van der Waals surface area contributed by atoms with E-state index in [9.17, 15) is 4.79 Å². The van der Waals surface area contributed by atoms with Gasteiger partial charge in [0.2, 0.25) is 0 Å². The number of fused-ring (bicyclic) bond motifs is 1. The number of carbonyl (C=O) groups excluding carboxylic acids is 1. The molecule has 16 heavy (non-hydrogen) atoms. The van der Waals surface area contributed by atoms with Crippen LogP contribution in [-0.4, -0.2) is 17.8 Å². The number of carbonyl (C=O) groups is 1. The number of methoxy groups -OCH3 is 1. The number of aromatic nitrogens is 1. The molecular weight excluding hydrogens is 202 g/mol. The molecule has 1 aromatic carbocycles. The molecule has 0 spiro atoms. The van der Waals surface area contributed by atoms with Crippen molar-refractivity contribution < 1.29 is 9.53 Å². The summed E-state index contributed by atoms with van der Waals surface area (Å²) in [7, 11) is 1.37. The number of rotatable bonds is 1. The Labute approximate surface area is 93.9 Å². The maximum Gasteiger partial charge on any atom is 0.418 e. The molecule has 1 heterocycles. The summed E-state index contributed by atoms with van der Waals surface area (Å²) in [5.74, 6) is 0. The van der Waals surface area contributed by atoms with Gasteiger partial charge in [0.1, 0.15) is 0 Å². The molecule has 0 bridgehead atoms. The van der Waals surface area contributed by atoms with Crippen molar-refractivity contribution in [2.24, 2.45) is 0 Å². The number of allylic oxidation sites excluding steroid dienone is 1. The fourth-order valence-electron chi connectivity index (χ4n) is 1.76. The SMILES string of the molecule is C=C(C)c1cc2ccccc2n1C(=O)OC. The summed E-state index contributed by atoms with van der Waals surface area (Å²) in [6, 6.07) is 9.62. The van der Waals surface area contributed by atoms with Gasteiger partial charge in [-0.3, -0.25) is 0 Å². The Balaban J connectivity index is 2.79. The molecule has 0 fully saturated rings. The molecule has 82 valence electrons. The normalized spacial score (nSPS) is 10.4. The standard InChI is InChI=1S/C13H13NO2/c1-9(2)12-8-10-6-4-5-7-11(10)14(12)13(15)16-3/h4-8H,1H2,2-3H3.